The Bertz CT molecular complexity index is 593. The van der Waals surface area contributed by atoms with Gasteiger partial charge in [0.25, 0.3) is 0 Å². The molecular formula is C19H23NO. The van der Waals surface area contributed by atoms with Crippen LogP contribution in [0.4, 0.5) is 0 Å². The first kappa shape index (κ1) is 14.3. The number of ether oxygens (including phenoxy) is 1. The lowest BCUT2D eigenvalue weighted by atomic mass is 9.81. The van der Waals surface area contributed by atoms with Gasteiger partial charge in [-0.3, -0.25) is 5.32 Å². The average molecular weight is 281 g/mol. The SMILES string of the molecule is CC1(C)C[C@](C)(c2ccccc2)O[C@@H](c2ccccc2)N1. The Hall–Kier alpha value is -1.64. The van der Waals surface area contributed by atoms with Crippen molar-refractivity contribution >= 4 is 0 Å². The van der Waals surface area contributed by atoms with E-state index in [-0.39, 0.29) is 17.4 Å². The predicted molar refractivity (Wildman–Crippen MR) is 85.9 cm³/mol. The van der Waals surface area contributed by atoms with E-state index >= 15 is 0 Å². The summed E-state index contributed by atoms with van der Waals surface area (Å²) in [6.07, 6.45) is 0.855. The smallest absolute Gasteiger partial charge is 0.135 e. The van der Waals surface area contributed by atoms with Crippen molar-refractivity contribution in [2.45, 2.75) is 44.6 Å². The van der Waals surface area contributed by atoms with Gasteiger partial charge in [-0.05, 0) is 38.3 Å². The molecule has 3 rings (SSSR count). The molecule has 0 amide bonds. The van der Waals surface area contributed by atoms with Crippen LogP contribution in [0, 0.1) is 0 Å². The zero-order valence-corrected chi connectivity index (χ0v) is 13.0. The minimum atomic E-state index is -0.281. The van der Waals surface area contributed by atoms with E-state index in [1.165, 1.54) is 11.1 Å². The molecule has 0 aliphatic carbocycles. The van der Waals surface area contributed by atoms with Gasteiger partial charge in [0.05, 0.1) is 5.60 Å². The van der Waals surface area contributed by atoms with Gasteiger partial charge in [-0.15, -0.1) is 0 Å². The van der Waals surface area contributed by atoms with Crippen LogP contribution in [-0.4, -0.2) is 5.54 Å². The summed E-state index contributed by atoms with van der Waals surface area (Å²) < 4.78 is 6.47. The van der Waals surface area contributed by atoms with Gasteiger partial charge in [-0.25, -0.2) is 0 Å². The molecule has 0 saturated carbocycles. The maximum atomic E-state index is 6.47. The Morgan fingerprint density at radius 1 is 0.905 bits per heavy atom. The van der Waals surface area contributed by atoms with E-state index < -0.39 is 0 Å². The van der Waals surface area contributed by atoms with Crippen LogP contribution >= 0.6 is 0 Å². The quantitative estimate of drug-likeness (QED) is 0.881. The van der Waals surface area contributed by atoms with E-state index in [2.05, 4.69) is 74.6 Å². The van der Waals surface area contributed by atoms with E-state index in [0.717, 1.165) is 6.42 Å². The normalized spacial score (nSPS) is 28.2. The van der Waals surface area contributed by atoms with Gasteiger partial charge < -0.3 is 4.74 Å². The lowest BCUT2D eigenvalue weighted by Crippen LogP contribution is -2.54. The van der Waals surface area contributed by atoms with Crippen molar-refractivity contribution in [3.63, 3.8) is 0 Å². The van der Waals surface area contributed by atoms with Gasteiger partial charge in [-0.2, -0.15) is 0 Å². The average Bonchev–Trinajstić information content (AvgIpc) is 2.47. The van der Waals surface area contributed by atoms with Crippen molar-refractivity contribution in [1.82, 2.24) is 5.32 Å². The van der Waals surface area contributed by atoms with E-state index in [9.17, 15) is 0 Å². The van der Waals surface area contributed by atoms with Crippen LogP contribution in [0.3, 0.4) is 0 Å². The Kier molecular flexibility index (Phi) is 3.60. The molecule has 1 heterocycles. The number of benzene rings is 2. The molecule has 1 saturated heterocycles. The first-order chi connectivity index (χ1) is 9.99. The highest BCUT2D eigenvalue weighted by Crippen LogP contribution is 2.42. The zero-order valence-electron chi connectivity index (χ0n) is 13.0. The molecule has 0 unspecified atom stereocenters. The van der Waals surface area contributed by atoms with Gasteiger partial charge in [0.15, 0.2) is 0 Å². The van der Waals surface area contributed by atoms with Gasteiger partial charge in [-0.1, -0.05) is 60.7 Å². The number of nitrogens with one attached hydrogen (secondary N) is 1. The molecule has 0 radical (unpaired) electrons. The van der Waals surface area contributed by atoms with Gasteiger partial charge >= 0.3 is 0 Å². The van der Waals surface area contributed by atoms with Crippen LogP contribution in [0.2, 0.25) is 0 Å². The van der Waals surface area contributed by atoms with E-state index in [4.69, 9.17) is 4.74 Å². The molecule has 1 fully saturated rings. The standard InChI is InChI=1S/C19H23NO/c1-18(2)14-19(3,16-12-8-5-9-13-16)21-17(20-18)15-10-6-4-7-11-15/h4-13,17,20H,14H2,1-3H3/t17-,19+/m0/s1. The molecule has 1 aliphatic rings. The summed E-state index contributed by atoms with van der Waals surface area (Å²) in [6, 6.07) is 20.9. The number of rotatable bonds is 2. The Balaban J connectivity index is 1.96. The Morgan fingerprint density at radius 3 is 2.10 bits per heavy atom. The van der Waals surface area contributed by atoms with Crippen molar-refractivity contribution in [2.24, 2.45) is 0 Å². The van der Waals surface area contributed by atoms with Crippen LogP contribution in [0.1, 0.15) is 44.5 Å². The summed E-state index contributed by atoms with van der Waals surface area (Å²) in [7, 11) is 0. The molecular weight excluding hydrogens is 258 g/mol. The molecule has 21 heavy (non-hydrogen) atoms. The van der Waals surface area contributed by atoms with Gasteiger partial charge in [0.1, 0.15) is 6.23 Å². The summed E-state index contributed by atoms with van der Waals surface area (Å²) in [6.45, 7) is 6.68. The first-order valence-electron chi connectivity index (χ1n) is 7.55. The van der Waals surface area contributed by atoms with Crippen LogP contribution in [0.5, 0.6) is 0 Å². The molecule has 110 valence electrons. The molecule has 0 bridgehead atoms. The fourth-order valence-electron chi connectivity index (χ4n) is 3.32. The maximum Gasteiger partial charge on any atom is 0.135 e. The second-order valence-corrected chi connectivity index (χ2v) is 6.71. The van der Waals surface area contributed by atoms with Crippen LogP contribution in [0.15, 0.2) is 60.7 Å². The molecule has 2 nitrogen and oxygen atoms in total. The van der Waals surface area contributed by atoms with Crippen molar-refractivity contribution in [1.29, 1.82) is 0 Å². The minimum Gasteiger partial charge on any atom is -0.348 e. The van der Waals surface area contributed by atoms with Crippen molar-refractivity contribution in [3.05, 3.63) is 71.8 Å². The van der Waals surface area contributed by atoms with Crippen LogP contribution in [-0.2, 0) is 10.3 Å². The lowest BCUT2D eigenvalue weighted by molar-refractivity contribution is -0.164. The largest absolute Gasteiger partial charge is 0.348 e. The molecule has 0 spiro atoms. The second kappa shape index (κ2) is 5.28. The molecule has 2 heteroatoms. The third-order valence-corrected chi connectivity index (χ3v) is 4.17. The topological polar surface area (TPSA) is 21.3 Å². The maximum absolute atomic E-state index is 6.47. The van der Waals surface area contributed by atoms with Crippen LogP contribution < -0.4 is 5.32 Å². The summed E-state index contributed by atoms with van der Waals surface area (Å²) in [5.41, 5.74) is 2.15. The van der Waals surface area contributed by atoms with Gasteiger partial charge in [0.2, 0.25) is 0 Å². The Labute approximate surface area is 127 Å². The molecule has 2 atom stereocenters. The third-order valence-electron chi connectivity index (χ3n) is 4.17. The highest BCUT2D eigenvalue weighted by atomic mass is 16.5. The molecule has 2 aromatic rings. The van der Waals surface area contributed by atoms with Crippen LogP contribution in [0.25, 0.3) is 0 Å². The minimum absolute atomic E-state index is 0.0172. The lowest BCUT2D eigenvalue weighted by Gasteiger charge is -2.48. The van der Waals surface area contributed by atoms with Crippen molar-refractivity contribution < 1.29 is 4.74 Å². The van der Waals surface area contributed by atoms with E-state index in [1.807, 2.05) is 12.1 Å². The summed E-state index contributed by atoms with van der Waals surface area (Å²) in [5.74, 6) is 0. The number of hydrogen-bond acceptors (Lipinski definition) is 2. The fraction of sp³-hybridized carbons (Fsp3) is 0.368. The van der Waals surface area contributed by atoms with Crippen molar-refractivity contribution in [2.75, 3.05) is 0 Å². The molecule has 1 aliphatic heterocycles. The van der Waals surface area contributed by atoms with Gasteiger partial charge in [0, 0.05) is 5.54 Å². The third kappa shape index (κ3) is 3.02. The van der Waals surface area contributed by atoms with E-state index in [1.54, 1.807) is 0 Å². The highest BCUT2D eigenvalue weighted by molar-refractivity contribution is 5.25. The summed E-state index contributed by atoms with van der Waals surface area (Å²) >= 11 is 0. The molecule has 2 aromatic carbocycles. The second-order valence-electron chi connectivity index (χ2n) is 6.71. The molecule has 0 aromatic heterocycles. The Morgan fingerprint density at radius 2 is 1.48 bits per heavy atom. The first-order valence-corrected chi connectivity index (χ1v) is 7.55. The monoisotopic (exact) mass is 281 g/mol. The highest BCUT2D eigenvalue weighted by Gasteiger charge is 2.43. The number of hydrogen-bond donors (Lipinski definition) is 1. The zero-order chi connectivity index (χ0) is 14.9. The summed E-state index contributed by atoms with van der Waals surface area (Å²) in [5, 5.41) is 3.61. The summed E-state index contributed by atoms with van der Waals surface area (Å²) in [4.78, 5) is 0. The molecule has 1 N–H and O–H groups in total. The predicted octanol–water partition coefficient (Wildman–Crippen LogP) is 4.39. The van der Waals surface area contributed by atoms with Crippen molar-refractivity contribution in [3.8, 4) is 0 Å². The fourth-order valence-corrected chi connectivity index (χ4v) is 3.32. The van der Waals surface area contributed by atoms with E-state index in [0.29, 0.717) is 0 Å².